The molecule has 1 rings (SSSR count). The number of nitrogens with zero attached hydrogens (tertiary/aromatic N) is 2. The quantitative estimate of drug-likeness (QED) is 0.452. The van der Waals surface area contributed by atoms with E-state index >= 15 is 0 Å². The van der Waals surface area contributed by atoms with Crippen LogP contribution in [-0.4, -0.2) is 9.91 Å². The minimum atomic E-state index is -4.80. The first-order chi connectivity index (χ1) is 6.34. The number of aromatic nitrogens is 1. The summed E-state index contributed by atoms with van der Waals surface area (Å²) in [6.07, 6.45) is -3.51. The third-order valence-corrected chi connectivity index (χ3v) is 1.71. The molecule has 0 bridgehead atoms. The molecule has 1 aromatic heterocycles. The van der Waals surface area contributed by atoms with Crippen LogP contribution in [0.5, 0.6) is 0 Å². The molecular formula is C6H3F3N2O2S. The molecule has 0 atom stereocenters. The van der Waals surface area contributed by atoms with Gasteiger partial charge in [0, 0.05) is 12.4 Å². The van der Waals surface area contributed by atoms with Crippen molar-refractivity contribution in [2.45, 2.75) is 11.1 Å². The SMILES string of the molecule is O=[N+]([O-])c1c(S)cncc1C(F)(F)F. The highest BCUT2D eigenvalue weighted by Gasteiger charge is 2.39. The van der Waals surface area contributed by atoms with E-state index in [1.807, 2.05) is 0 Å². The van der Waals surface area contributed by atoms with Crippen LogP contribution >= 0.6 is 12.6 Å². The number of hydrogen-bond donors (Lipinski definition) is 1. The maximum Gasteiger partial charge on any atom is 0.424 e. The predicted octanol–water partition coefficient (Wildman–Crippen LogP) is 2.30. The fourth-order valence-corrected chi connectivity index (χ4v) is 1.11. The molecule has 14 heavy (non-hydrogen) atoms. The third kappa shape index (κ3) is 1.95. The number of rotatable bonds is 1. The minimum Gasteiger partial charge on any atom is -0.262 e. The monoisotopic (exact) mass is 224 g/mol. The number of thiol groups is 1. The maximum atomic E-state index is 12.2. The molecule has 0 radical (unpaired) electrons. The second-order valence-electron chi connectivity index (χ2n) is 2.31. The topological polar surface area (TPSA) is 56.0 Å². The number of pyridine rings is 1. The molecule has 0 aromatic carbocycles. The van der Waals surface area contributed by atoms with Crippen molar-refractivity contribution in [3.8, 4) is 0 Å². The van der Waals surface area contributed by atoms with Crippen molar-refractivity contribution in [1.82, 2.24) is 4.98 Å². The van der Waals surface area contributed by atoms with Crippen LogP contribution in [-0.2, 0) is 6.18 Å². The lowest BCUT2D eigenvalue weighted by atomic mass is 10.2. The normalized spacial score (nSPS) is 11.4. The van der Waals surface area contributed by atoms with Crippen molar-refractivity contribution in [2.24, 2.45) is 0 Å². The molecule has 0 spiro atoms. The van der Waals surface area contributed by atoms with Crippen molar-refractivity contribution in [1.29, 1.82) is 0 Å². The summed E-state index contributed by atoms with van der Waals surface area (Å²) >= 11 is 3.53. The van der Waals surface area contributed by atoms with Gasteiger partial charge < -0.3 is 0 Å². The zero-order chi connectivity index (χ0) is 10.9. The van der Waals surface area contributed by atoms with E-state index in [1.54, 1.807) is 0 Å². The fraction of sp³-hybridized carbons (Fsp3) is 0.167. The van der Waals surface area contributed by atoms with Gasteiger partial charge >= 0.3 is 6.18 Å². The van der Waals surface area contributed by atoms with Gasteiger partial charge in [-0.05, 0) is 0 Å². The van der Waals surface area contributed by atoms with E-state index in [-0.39, 0.29) is 0 Å². The maximum absolute atomic E-state index is 12.2. The van der Waals surface area contributed by atoms with E-state index in [4.69, 9.17) is 0 Å². The van der Waals surface area contributed by atoms with Gasteiger partial charge in [0.05, 0.1) is 4.92 Å². The van der Waals surface area contributed by atoms with Gasteiger partial charge in [0.2, 0.25) is 0 Å². The van der Waals surface area contributed by atoms with Crippen LogP contribution in [0.15, 0.2) is 17.3 Å². The van der Waals surface area contributed by atoms with Crippen molar-refractivity contribution in [3.63, 3.8) is 0 Å². The Morgan fingerprint density at radius 2 is 2.00 bits per heavy atom. The van der Waals surface area contributed by atoms with Crippen molar-refractivity contribution in [2.75, 3.05) is 0 Å². The molecule has 0 aliphatic heterocycles. The number of nitro groups is 1. The highest BCUT2D eigenvalue weighted by molar-refractivity contribution is 7.80. The lowest BCUT2D eigenvalue weighted by Gasteiger charge is -2.06. The van der Waals surface area contributed by atoms with Crippen LogP contribution in [0.2, 0.25) is 0 Å². The van der Waals surface area contributed by atoms with Crippen LogP contribution in [0.1, 0.15) is 5.56 Å². The lowest BCUT2D eigenvalue weighted by molar-refractivity contribution is -0.391. The Bertz CT molecular complexity index is 380. The van der Waals surface area contributed by atoms with Crippen molar-refractivity contribution in [3.05, 3.63) is 28.1 Å². The Hall–Kier alpha value is -1.31. The Balaban J connectivity index is 3.44. The van der Waals surface area contributed by atoms with E-state index in [2.05, 4.69) is 17.6 Å². The summed E-state index contributed by atoms with van der Waals surface area (Å²) in [5.41, 5.74) is -2.47. The van der Waals surface area contributed by atoms with Gasteiger partial charge in [0.25, 0.3) is 5.69 Å². The molecule has 0 fully saturated rings. The molecule has 1 heterocycles. The lowest BCUT2D eigenvalue weighted by Crippen LogP contribution is -2.10. The highest BCUT2D eigenvalue weighted by atomic mass is 32.1. The van der Waals surface area contributed by atoms with Gasteiger partial charge in [-0.25, -0.2) is 0 Å². The number of hydrogen-bond acceptors (Lipinski definition) is 4. The average Bonchev–Trinajstić information content (AvgIpc) is 2.01. The van der Waals surface area contributed by atoms with E-state index in [1.165, 1.54) is 0 Å². The molecule has 0 saturated carbocycles. The summed E-state index contributed by atoms with van der Waals surface area (Å²) in [6, 6.07) is 0. The Labute approximate surface area is 81.3 Å². The Morgan fingerprint density at radius 1 is 1.43 bits per heavy atom. The highest BCUT2D eigenvalue weighted by Crippen LogP contribution is 2.38. The Morgan fingerprint density at radius 3 is 2.36 bits per heavy atom. The average molecular weight is 224 g/mol. The molecular weight excluding hydrogens is 221 g/mol. The van der Waals surface area contributed by atoms with E-state index < -0.39 is 27.2 Å². The van der Waals surface area contributed by atoms with E-state index in [0.717, 1.165) is 6.20 Å². The zero-order valence-electron chi connectivity index (χ0n) is 6.45. The van der Waals surface area contributed by atoms with Crippen LogP contribution in [0, 0.1) is 10.1 Å². The van der Waals surface area contributed by atoms with E-state index in [9.17, 15) is 23.3 Å². The standard InChI is InChI=1S/C6H3F3N2O2S/c7-6(8,9)3-1-10-2-4(14)5(3)11(12)13/h1-2,14H. The second kappa shape index (κ2) is 3.45. The zero-order valence-corrected chi connectivity index (χ0v) is 7.34. The number of halogens is 3. The largest absolute Gasteiger partial charge is 0.424 e. The molecule has 1 aromatic rings. The third-order valence-electron chi connectivity index (χ3n) is 1.39. The number of alkyl halides is 3. The molecule has 8 heteroatoms. The summed E-state index contributed by atoms with van der Waals surface area (Å²) in [7, 11) is 0. The first kappa shape index (κ1) is 10.8. The molecule has 0 unspecified atom stereocenters. The van der Waals surface area contributed by atoms with Crippen LogP contribution < -0.4 is 0 Å². The fourth-order valence-electron chi connectivity index (χ4n) is 0.842. The van der Waals surface area contributed by atoms with Crippen LogP contribution in [0.25, 0.3) is 0 Å². The smallest absolute Gasteiger partial charge is 0.262 e. The summed E-state index contributed by atoms with van der Waals surface area (Å²) in [6.45, 7) is 0. The van der Waals surface area contributed by atoms with Gasteiger partial charge in [-0.2, -0.15) is 13.2 Å². The molecule has 4 nitrogen and oxygen atoms in total. The second-order valence-corrected chi connectivity index (χ2v) is 2.79. The van der Waals surface area contributed by atoms with Crippen LogP contribution in [0.3, 0.4) is 0 Å². The van der Waals surface area contributed by atoms with Gasteiger partial charge in [0.1, 0.15) is 4.90 Å². The summed E-state index contributed by atoms with van der Waals surface area (Å²) < 4.78 is 36.6. The summed E-state index contributed by atoms with van der Waals surface area (Å²) in [5.74, 6) is 0. The van der Waals surface area contributed by atoms with Gasteiger partial charge in [-0.1, -0.05) is 0 Å². The molecule has 76 valence electrons. The van der Waals surface area contributed by atoms with Gasteiger partial charge in [-0.3, -0.25) is 15.1 Å². The first-order valence-corrected chi connectivity index (χ1v) is 3.67. The predicted molar refractivity (Wildman–Crippen MR) is 43.1 cm³/mol. The van der Waals surface area contributed by atoms with Crippen molar-refractivity contribution < 1.29 is 18.1 Å². The molecule has 0 amide bonds. The molecule has 0 N–H and O–H groups in total. The molecule has 0 aliphatic carbocycles. The van der Waals surface area contributed by atoms with Gasteiger partial charge in [0.15, 0.2) is 5.56 Å². The van der Waals surface area contributed by atoms with Crippen LogP contribution in [0.4, 0.5) is 18.9 Å². The van der Waals surface area contributed by atoms with Gasteiger partial charge in [-0.15, -0.1) is 12.6 Å². The van der Waals surface area contributed by atoms with E-state index in [0.29, 0.717) is 6.20 Å². The molecule has 0 aliphatic rings. The molecule has 0 saturated heterocycles. The Kier molecular flexibility index (Phi) is 2.65. The summed E-state index contributed by atoms with van der Waals surface area (Å²) in [5, 5.41) is 10.3. The first-order valence-electron chi connectivity index (χ1n) is 3.22. The minimum absolute atomic E-state index is 0.401. The van der Waals surface area contributed by atoms with Crippen molar-refractivity contribution >= 4 is 18.3 Å². The summed E-state index contributed by atoms with van der Waals surface area (Å²) in [4.78, 5) is 12.0.